The maximum Gasteiger partial charge on any atom is 0.330 e. The largest absolute Gasteiger partial charge is 0.497 e. The topological polar surface area (TPSA) is 123 Å². The van der Waals surface area contributed by atoms with Gasteiger partial charge in [0.2, 0.25) is 5.91 Å². The number of aromatic nitrogens is 2. The number of amides is 1. The minimum atomic E-state index is -1.26. The summed E-state index contributed by atoms with van der Waals surface area (Å²) >= 11 is 6.21. The molecule has 2 aliphatic rings. The van der Waals surface area contributed by atoms with E-state index in [1.54, 1.807) is 31.4 Å². The molecule has 1 aromatic carbocycles. The van der Waals surface area contributed by atoms with Crippen molar-refractivity contribution in [3.05, 3.63) is 36.0 Å². The number of methoxy groups -OCH3 is 1. The normalized spacial score (nSPS) is 26.6. The molecule has 0 bridgehead atoms. The van der Waals surface area contributed by atoms with Crippen LogP contribution in [0, 0.1) is 5.92 Å². The van der Waals surface area contributed by atoms with Crippen LogP contribution in [0.4, 0.5) is 0 Å². The zero-order valence-electron chi connectivity index (χ0n) is 16.6. The highest BCUT2D eigenvalue weighted by molar-refractivity contribution is 6.31. The number of carbonyl (C=O) groups is 2. The molecule has 1 saturated carbocycles. The number of nitrogens with zero attached hydrogens (tertiary/aromatic N) is 2. The highest BCUT2D eigenvalue weighted by Crippen LogP contribution is 2.44. The number of rotatable bonds is 7. The summed E-state index contributed by atoms with van der Waals surface area (Å²) in [6, 6.07) is 4.66. The van der Waals surface area contributed by atoms with E-state index in [1.165, 1.54) is 0 Å². The number of carboxylic acid groups (broad SMARTS) is 1. The number of carbonyl (C=O) groups excluding carboxylic acids is 1. The maximum atomic E-state index is 12.6. The number of ether oxygens (including phenoxy) is 2. The molecule has 11 heteroatoms. The summed E-state index contributed by atoms with van der Waals surface area (Å²) in [4.78, 5) is 32.8. The van der Waals surface area contributed by atoms with Crippen molar-refractivity contribution in [3.63, 3.8) is 0 Å². The monoisotopic (exact) mass is 468 g/mol. The summed E-state index contributed by atoms with van der Waals surface area (Å²) < 4.78 is 11.1. The number of fused-ring (bicyclic) bond motifs is 1. The van der Waals surface area contributed by atoms with Crippen LogP contribution >= 0.6 is 24.0 Å². The van der Waals surface area contributed by atoms with Crippen LogP contribution in [0.1, 0.15) is 12.8 Å². The minimum Gasteiger partial charge on any atom is -0.497 e. The quantitative estimate of drug-likeness (QED) is 0.527. The third-order valence-electron chi connectivity index (χ3n) is 5.51. The Hall–Kier alpha value is -2.62. The second kappa shape index (κ2) is 8.86. The molecule has 9 nitrogen and oxygen atoms in total. The molecule has 31 heavy (non-hydrogen) atoms. The number of nitrogens with one attached hydrogen (secondary N) is 2. The lowest BCUT2D eigenvalue weighted by Crippen LogP contribution is -2.51. The Kier molecular flexibility index (Phi) is 6.59. The van der Waals surface area contributed by atoms with Gasteiger partial charge in [0, 0.05) is 24.9 Å². The van der Waals surface area contributed by atoms with Gasteiger partial charge in [0.25, 0.3) is 5.88 Å². The molecule has 166 valence electrons. The van der Waals surface area contributed by atoms with Crippen molar-refractivity contribution >= 4 is 46.9 Å². The van der Waals surface area contributed by atoms with Crippen LogP contribution in [0.25, 0.3) is 11.0 Å². The Morgan fingerprint density at radius 1 is 1.39 bits per heavy atom. The molecule has 2 aromatic rings. The van der Waals surface area contributed by atoms with Crippen molar-refractivity contribution in [2.45, 2.75) is 30.5 Å². The predicted molar refractivity (Wildman–Crippen MR) is 116 cm³/mol. The van der Waals surface area contributed by atoms with E-state index in [0.717, 1.165) is 0 Å². The zero-order chi connectivity index (χ0) is 21.5. The van der Waals surface area contributed by atoms with Crippen molar-refractivity contribution < 1.29 is 24.2 Å². The fraction of sp³-hybridized carbons (Fsp3) is 0.400. The van der Waals surface area contributed by atoms with Gasteiger partial charge in [0.1, 0.15) is 17.4 Å². The van der Waals surface area contributed by atoms with Crippen molar-refractivity contribution in [1.29, 1.82) is 0 Å². The first-order valence-corrected chi connectivity index (χ1v) is 9.83. The molecule has 0 spiro atoms. The van der Waals surface area contributed by atoms with E-state index in [2.05, 4.69) is 27.2 Å². The van der Waals surface area contributed by atoms with Crippen LogP contribution in [0.2, 0.25) is 5.15 Å². The lowest BCUT2D eigenvalue weighted by molar-refractivity contribution is -0.143. The second-order valence-corrected chi connectivity index (χ2v) is 7.78. The van der Waals surface area contributed by atoms with Crippen molar-refractivity contribution in [3.8, 4) is 11.6 Å². The number of halogens is 2. The fourth-order valence-corrected chi connectivity index (χ4v) is 3.85. The Morgan fingerprint density at radius 2 is 2.16 bits per heavy atom. The van der Waals surface area contributed by atoms with Gasteiger partial charge in [-0.2, -0.15) is 0 Å². The van der Waals surface area contributed by atoms with Gasteiger partial charge in [-0.05, 0) is 18.6 Å². The smallest absolute Gasteiger partial charge is 0.330 e. The van der Waals surface area contributed by atoms with E-state index in [9.17, 15) is 14.7 Å². The van der Waals surface area contributed by atoms with Crippen molar-refractivity contribution in [2.75, 3.05) is 13.7 Å². The molecule has 1 saturated heterocycles. The zero-order valence-corrected chi connectivity index (χ0v) is 18.2. The van der Waals surface area contributed by atoms with Gasteiger partial charge < -0.3 is 25.2 Å². The van der Waals surface area contributed by atoms with Gasteiger partial charge in [0.15, 0.2) is 5.15 Å². The lowest BCUT2D eigenvalue weighted by atomic mass is 10.1. The maximum absolute atomic E-state index is 12.6. The number of carboxylic acids is 1. The highest BCUT2D eigenvalue weighted by atomic mass is 35.5. The Morgan fingerprint density at radius 3 is 2.81 bits per heavy atom. The average Bonchev–Trinajstić information content (AvgIpc) is 3.25. The molecular weight excluding hydrogens is 447 g/mol. The third-order valence-corrected chi connectivity index (χ3v) is 5.76. The SMILES string of the molecule is C=C[C@@H]1C[C@]1(NC(=O)[C@H]1C[C@@H](Oc2nc3cc(OC)ccc3nc2Cl)CN1)C(=O)O.Cl. The predicted octanol–water partition coefficient (Wildman–Crippen LogP) is 1.97. The average molecular weight is 469 g/mol. The van der Waals surface area contributed by atoms with E-state index in [-0.39, 0.29) is 41.4 Å². The fourth-order valence-electron chi connectivity index (χ4n) is 3.67. The molecule has 2 heterocycles. The molecule has 3 N–H and O–H groups in total. The molecule has 0 unspecified atom stereocenters. The molecule has 1 amide bonds. The summed E-state index contributed by atoms with van der Waals surface area (Å²) in [6.45, 7) is 4.01. The summed E-state index contributed by atoms with van der Waals surface area (Å²) in [7, 11) is 1.56. The summed E-state index contributed by atoms with van der Waals surface area (Å²) in [5.41, 5.74) is -0.0808. The van der Waals surface area contributed by atoms with Crippen molar-refractivity contribution in [1.82, 2.24) is 20.6 Å². The molecule has 1 aliphatic heterocycles. The summed E-state index contributed by atoms with van der Waals surface area (Å²) in [5, 5.41) is 15.3. The molecule has 4 atom stereocenters. The molecule has 4 rings (SSSR count). The highest BCUT2D eigenvalue weighted by Gasteiger charge is 2.60. The van der Waals surface area contributed by atoms with Gasteiger partial charge in [0.05, 0.1) is 24.2 Å². The second-order valence-electron chi connectivity index (χ2n) is 7.42. The first-order chi connectivity index (χ1) is 14.4. The Labute approximate surface area is 189 Å². The van der Waals surface area contributed by atoms with Crippen LogP contribution < -0.4 is 20.1 Å². The number of benzene rings is 1. The standard InChI is InChI=1S/C20H21ClN4O5.ClH/c1-3-10-8-20(10,19(27)28)25-17(26)15-7-12(9-22-15)30-18-16(21)23-13-5-4-11(29-2)6-14(13)24-18;/h3-6,10,12,15,22H,1,7-9H2,2H3,(H,25,26)(H,27,28);1H/t10-,12-,15-,20-;/m1./s1. The Bertz CT molecular complexity index is 1040. The van der Waals surface area contributed by atoms with Gasteiger partial charge in [-0.3, -0.25) is 4.79 Å². The van der Waals surface area contributed by atoms with E-state index in [1.807, 2.05) is 0 Å². The van der Waals surface area contributed by atoms with Crippen LogP contribution in [0.3, 0.4) is 0 Å². The number of hydrogen-bond acceptors (Lipinski definition) is 7. The first kappa shape index (κ1) is 23.1. The number of aliphatic carboxylic acids is 1. The van der Waals surface area contributed by atoms with Crippen LogP contribution in [0.5, 0.6) is 11.6 Å². The van der Waals surface area contributed by atoms with Gasteiger partial charge in [-0.1, -0.05) is 17.7 Å². The van der Waals surface area contributed by atoms with E-state index in [4.69, 9.17) is 21.1 Å². The van der Waals surface area contributed by atoms with Crippen LogP contribution in [-0.4, -0.2) is 58.3 Å². The lowest BCUT2D eigenvalue weighted by Gasteiger charge is -2.17. The molecule has 1 aromatic heterocycles. The van der Waals surface area contributed by atoms with E-state index < -0.39 is 17.6 Å². The third kappa shape index (κ3) is 4.39. The Balaban J connectivity index is 0.00000272. The summed E-state index contributed by atoms with van der Waals surface area (Å²) in [5.74, 6) is -0.902. The number of hydrogen-bond donors (Lipinski definition) is 3. The molecule has 0 radical (unpaired) electrons. The summed E-state index contributed by atoms with van der Waals surface area (Å²) in [6.07, 6.45) is 1.87. The van der Waals surface area contributed by atoms with Crippen LogP contribution in [0.15, 0.2) is 30.9 Å². The molecule has 1 aliphatic carbocycles. The molecule has 2 fully saturated rings. The van der Waals surface area contributed by atoms with E-state index in [0.29, 0.717) is 36.2 Å². The van der Waals surface area contributed by atoms with E-state index >= 15 is 0 Å². The minimum absolute atomic E-state index is 0. The van der Waals surface area contributed by atoms with Gasteiger partial charge >= 0.3 is 5.97 Å². The van der Waals surface area contributed by atoms with Crippen LogP contribution in [-0.2, 0) is 9.59 Å². The van der Waals surface area contributed by atoms with Gasteiger partial charge in [-0.15, -0.1) is 19.0 Å². The molecular formula is C20H22Cl2N4O5. The van der Waals surface area contributed by atoms with Gasteiger partial charge in [-0.25, -0.2) is 14.8 Å². The first-order valence-electron chi connectivity index (χ1n) is 9.45. The van der Waals surface area contributed by atoms with Crippen molar-refractivity contribution in [2.24, 2.45) is 5.92 Å².